The molecule has 7 nitrogen and oxygen atoms in total. The second-order valence-corrected chi connectivity index (χ2v) is 315. The standard InChI is InChI=1S/C22H31FO3.C20H30O2.C2H3FO2.Na.H38P36.H37P35/c1-6-13(2)16-11-18(26-19(25)12-23)21(5)14(3)7-9-22(15(16)4)10-8-17(24)20(21)22;1-6-12(2)15-11-17(22)19(5)13(3)7-9-20(14(15)4)10-8-16(21)18(19)20;3-1-2(4)5;;1-20(2)29(19)34(30(21(3)4)22(5)6)36(33(27(15)16)28(17)18)35(31(23(7)8)24(9)10)32(25(11)12)26(13)14;1-19-28(18)33(29(20(2)3)21(4)5)35(32(26(14)15)27(16)17)34(30(22(6)7)23(8)9)31(24(10)11)25(12)13/h6,14-16,18,20H,1-2,7-12H2,3-5H3;6,13-15,17-18,22H,1-2,7-11H2,3-5H3;1H2,(H,4,5);;1-19H2;19H,1-18H2/q;;;+1;;/p-1/t14-,15+,16+,18-,20+,21+,22+;13-,14+,15+,17-,18+,19+,20+;;;;/m11..../s1. The number of ether oxygens (including phenoxy) is 1. The van der Waals surface area contributed by atoms with Gasteiger partial charge in [-0.3, -0.25) is 9.59 Å². The number of carbonyl (C=O) groups is 4. The van der Waals surface area contributed by atoms with Crippen molar-refractivity contribution < 1.29 is 72.5 Å². The maximum atomic E-state index is 13.1. The summed E-state index contributed by atoms with van der Waals surface area (Å²) in [6, 6.07) is 0. The Balaban J connectivity index is 0.000000825. The Morgan fingerprint density at radius 3 is 0.928 bits per heavy atom. The number of alkyl halides is 2. The number of carboxylic acid groups (broad SMARTS) is 1. The quantitative estimate of drug-likeness (QED) is 0.0282. The van der Waals surface area contributed by atoms with Gasteiger partial charge in [0.1, 0.15) is 24.3 Å². The minimum Gasteiger partial charge on any atom is -0.547 e. The van der Waals surface area contributed by atoms with Crippen molar-refractivity contribution in [3.63, 3.8) is 0 Å². The molecule has 0 heterocycles. The summed E-state index contributed by atoms with van der Waals surface area (Å²) >= 11 is 0. The van der Waals surface area contributed by atoms with Gasteiger partial charge >= 0.3 is 35.5 Å². The molecule has 44 unspecified atom stereocenters. The Labute approximate surface area is 902 Å². The van der Waals surface area contributed by atoms with E-state index in [1.165, 1.54) is 0 Å². The largest absolute Gasteiger partial charge is 1.00 e. The molecule has 6 aliphatic rings. The van der Waals surface area contributed by atoms with E-state index in [4.69, 9.17) is 14.6 Å². The summed E-state index contributed by atoms with van der Waals surface area (Å²) in [7, 11) is 125. The fourth-order valence-electron chi connectivity index (χ4n) is 16.7. The molecular weight excluding hydrogens is 2900 g/mol. The molecule has 6 aliphatic carbocycles. The van der Waals surface area contributed by atoms with E-state index in [2.05, 4.69) is 398 Å². The van der Waals surface area contributed by atoms with Crippen LogP contribution in [0.25, 0.3) is 0 Å². The number of allylic oxidation sites excluding steroid dienone is 4. The third-order valence-corrected chi connectivity index (χ3v) is 500. The van der Waals surface area contributed by atoms with Crippen LogP contribution in [0.2, 0.25) is 0 Å². The van der Waals surface area contributed by atoms with Crippen LogP contribution in [-0.4, -0.2) is 54.2 Å². The van der Waals surface area contributed by atoms with Crippen LogP contribution < -0.4 is 34.7 Å². The summed E-state index contributed by atoms with van der Waals surface area (Å²) in [6.07, 6.45) is 11.5. The number of rotatable bonds is 39. The number of carbonyl (C=O) groups excluding carboxylic acids is 4. The molecule has 6 fully saturated rings. The summed E-state index contributed by atoms with van der Waals surface area (Å²) in [5, 5.41) is 20.0. The third-order valence-electron chi connectivity index (χ3n) is 22.2. The average molecular weight is 3040 g/mol. The molecule has 6 saturated carbocycles. The van der Waals surface area contributed by atoms with Gasteiger partial charge in [-0.2, -0.15) is 0 Å². The molecule has 0 amide bonds. The SMILES string of the molecule is C=CC(=C)[C@@H]1C[C@@H](O)[C@]2(C)[C@H](C)CC[C@]3(CCC(=O)[C@H]32)[C@H]1C.C=CC(=C)[C@@H]1C[C@@H](OC(=O)CF)[C@]2(C)[C@H](C)CC[C@]3(CCC(=O)[C@H]32)[C@H]1C.O=C([O-])CF.PP(P)P(P)P(P(P(P)P)P(P)P)P(P(P(P)P)P(P)P)P(P(P(P)P)P(P)P)P(P(P)P)P(P)P.PPP(P)P(P(P(P)P)P(P)P)P(P(P(P)P)P(P)P)P(P(P(P)P)P(P)P)P(P(P)P)P(P)P.[Na+]. The number of hydrogen-bond acceptors (Lipinski definition) is 7. The van der Waals surface area contributed by atoms with Crippen LogP contribution in [-0.2, 0) is 23.9 Å². The molecule has 726 valence electrons. The first-order valence-corrected chi connectivity index (χ1v) is 164. The summed E-state index contributed by atoms with van der Waals surface area (Å²) < 4.78 is 29.1. The second-order valence-electron chi connectivity index (χ2n) is 28.8. The van der Waals surface area contributed by atoms with Gasteiger partial charge in [-0.1, -0.05) is 99.1 Å². The summed E-state index contributed by atoms with van der Waals surface area (Å²) in [4.78, 5) is 46.6. The normalized spacial score (nSPS) is 28.1. The van der Waals surface area contributed by atoms with Crippen LogP contribution in [0.15, 0.2) is 49.6 Å². The van der Waals surface area contributed by atoms with Crippen molar-refractivity contribution in [3.05, 3.63) is 49.6 Å². The molecule has 0 aromatic carbocycles. The molecule has 0 aromatic heterocycles. The fraction of sp³-hybridized carbons (Fsp3) is 0.727. The van der Waals surface area contributed by atoms with Gasteiger partial charge in [0, 0.05) is 35.5 Å². The minimum atomic E-state index is -1.66. The van der Waals surface area contributed by atoms with E-state index < -0.39 is 42.9 Å². The van der Waals surface area contributed by atoms with Crippen molar-refractivity contribution in [2.24, 2.45) is 69.0 Å². The van der Waals surface area contributed by atoms with Gasteiger partial charge in [0.05, 0.1) is 12.1 Å². The maximum Gasteiger partial charge on any atom is 1.00 e. The zero-order valence-electron chi connectivity index (χ0n) is 70.5. The van der Waals surface area contributed by atoms with Crippen molar-refractivity contribution in [2.75, 3.05) is 13.3 Å². The van der Waals surface area contributed by atoms with E-state index in [0.717, 1.165) is 64.0 Å². The minimum absolute atomic E-state index is 0. The van der Waals surface area contributed by atoms with Gasteiger partial charge in [-0.05, 0) is 328 Å². The van der Waals surface area contributed by atoms with Crippen LogP contribution in [0.1, 0.15) is 106 Å². The van der Waals surface area contributed by atoms with E-state index >= 15 is 0 Å². The van der Waals surface area contributed by atoms with Gasteiger partial charge in [0.15, 0.2) is 6.67 Å². The molecule has 1 N–H and O–H groups in total. The number of hydrogen-bond donors (Lipinski definition) is 1. The van der Waals surface area contributed by atoms with Crippen LogP contribution in [0.4, 0.5) is 8.78 Å². The number of Topliss-reactive ketones (excluding diaryl/α,β-unsaturated/α-hetero) is 2. The molecule has 58 atom stereocenters. The number of aliphatic hydroxyl groups is 1. The smallest absolute Gasteiger partial charge is 0.547 e. The number of carboxylic acids is 1. The van der Waals surface area contributed by atoms with Gasteiger partial charge in [-0.15, -0.1) is 330 Å². The van der Waals surface area contributed by atoms with E-state index in [9.17, 15) is 28.3 Å². The van der Waals surface area contributed by atoms with Gasteiger partial charge in [0.2, 0.25) is 0 Å². The van der Waals surface area contributed by atoms with E-state index in [0.29, 0.717) is 36.9 Å². The van der Waals surface area contributed by atoms with Crippen LogP contribution >= 0.6 is 569 Å². The van der Waals surface area contributed by atoms with E-state index in [1.807, 2.05) is 6.08 Å². The molecule has 0 aromatic rings. The van der Waals surface area contributed by atoms with Crippen molar-refractivity contribution in [1.82, 2.24) is 0 Å². The van der Waals surface area contributed by atoms with Gasteiger partial charge in [-0.25, -0.2) is 13.6 Å². The second kappa shape index (κ2) is 75.4. The topological polar surface area (TPSA) is 121 Å². The Morgan fingerprint density at radius 1 is 0.424 bits per heavy atom. The zero-order chi connectivity index (χ0) is 96.6. The predicted octanol–water partition coefficient (Wildman–Crippen LogP) is 45.6. The number of aliphatic hydroxyl groups excluding tert-OH is 1. The van der Waals surface area contributed by atoms with Crippen LogP contribution in [0, 0.1) is 69.0 Å². The van der Waals surface area contributed by atoms with Crippen LogP contribution in [0.3, 0.4) is 0 Å². The first-order valence-electron chi connectivity index (χ1n) is 35.7. The summed E-state index contributed by atoms with van der Waals surface area (Å²) in [6.45, 7) is 25.1. The summed E-state index contributed by atoms with van der Waals surface area (Å²) in [5.41, 5.74) is 1.20. The molecule has 0 aliphatic heterocycles. The molecule has 125 heavy (non-hydrogen) atoms. The van der Waals surface area contributed by atoms with Crippen molar-refractivity contribution in [2.45, 2.75) is 118 Å². The molecule has 0 radical (unpaired) electrons. The molecular formula is C44H138F2NaO7P71. The summed E-state index contributed by atoms with van der Waals surface area (Å²) in [5.74, 6) is -0.310. The van der Waals surface area contributed by atoms with Crippen molar-refractivity contribution in [1.29, 1.82) is 0 Å². The fourth-order valence-corrected chi connectivity index (χ4v) is 964. The molecule has 0 saturated heterocycles. The average Bonchev–Trinajstić information content (AvgIpc) is 1.54. The van der Waals surface area contributed by atoms with Gasteiger partial charge in [0.25, 0.3) is 0 Å². The van der Waals surface area contributed by atoms with Crippen LogP contribution in [0.5, 0.6) is 0 Å². The number of halogens is 2. The Hall–Kier alpha value is 28.6. The maximum absolute atomic E-state index is 13.1. The first-order chi connectivity index (χ1) is 57.0. The molecule has 81 heteroatoms. The van der Waals surface area contributed by atoms with Crippen molar-refractivity contribution in [3.8, 4) is 0 Å². The zero-order valence-corrected chi connectivity index (χ0v) is 146. The number of aliphatic carboxylic acids is 1. The van der Waals surface area contributed by atoms with E-state index in [1.54, 1.807) is 6.08 Å². The predicted molar refractivity (Wildman–Crippen MR) is 795 cm³/mol. The van der Waals surface area contributed by atoms with E-state index in [-0.39, 0.29) is 318 Å². The molecule has 6 rings (SSSR count). The number of ketones is 2. The number of esters is 1. The monoisotopic (exact) mass is 3040 g/mol. The molecule has 0 spiro atoms. The Kier molecular flexibility index (Phi) is 91.5. The molecule has 4 bridgehead atoms. The Morgan fingerprint density at radius 2 is 0.672 bits per heavy atom. The third kappa shape index (κ3) is 43.3. The van der Waals surface area contributed by atoms with Gasteiger partial charge < -0.3 is 19.7 Å². The Bertz CT molecular complexity index is 3230. The first kappa shape index (κ1) is 152. The van der Waals surface area contributed by atoms with Crippen molar-refractivity contribution >= 4 is 592 Å².